The summed E-state index contributed by atoms with van der Waals surface area (Å²) < 4.78 is 5.28. The molecule has 1 N–H and O–H groups in total. The maximum atomic E-state index is 12.3. The molecule has 1 heterocycles. The van der Waals surface area contributed by atoms with Crippen molar-refractivity contribution in [2.45, 2.75) is 26.2 Å². The molecule has 5 heteroatoms. The number of hydrogen-bond acceptors (Lipinski definition) is 3. The van der Waals surface area contributed by atoms with Crippen molar-refractivity contribution in [3.8, 4) is 0 Å². The largest absolute Gasteiger partial charge is 0.360 e. The number of carbonyl (C=O) groups excluding carboxylic acids is 1. The lowest BCUT2D eigenvalue weighted by atomic mass is 9.88. The molecule has 20 heavy (non-hydrogen) atoms. The molecule has 3 rings (SSSR count). The summed E-state index contributed by atoms with van der Waals surface area (Å²) in [5.41, 5.74) is 1.90. The van der Waals surface area contributed by atoms with Crippen LogP contribution in [0.4, 0.5) is 5.69 Å². The van der Waals surface area contributed by atoms with E-state index in [1.54, 1.807) is 12.1 Å². The highest BCUT2D eigenvalue weighted by atomic mass is 35.5. The first-order chi connectivity index (χ1) is 9.65. The van der Waals surface area contributed by atoms with Gasteiger partial charge in [0.05, 0.1) is 10.7 Å². The van der Waals surface area contributed by atoms with Gasteiger partial charge in [-0.05, 0) is 30.9 Å². The number of amides is 1. The van der Waals surface area contributed by atoms with Crippen molar-refractivity contribution in [3.05, 3.63) is 46.3 Å². The van der Waals surface area contributed by atoms with Gasteiger partial charge in [-0.15, -0.1) is 0 Å². The van der Waals surface area contributed by atoms with E-state index in [-0.39, 0.29) is 5.91 Å². The molecule has 4 nitrogen and oxygen atoms in total. The van der Waals surface area contributed by atoms with Crippen LogP contribution in [0, 0.1) is 5.92 Å². The molecule has 0 bridgehead atoms. The van der Waals surface area contributed by atoms with E-state index in [4.69, 9.17) is 16.1 Å². The molecule has 1 atom stereocenters. The SMILES string of the molecule is C[C@H]1CCc2onc(C(=O)Nc3ccccc3Cl)c2C1. The Hall–Kier alpha value is -1.81. The minimum Gasteiger partial charge on any atom is -0.360 e. The number of anilines is 1. The highest BCUT2D eigenvalue weighted by Gasteiger charge is 2.27. The smallest absolute Gasteiger partial charge is 0.278 e. The van der Waals surface area contributed by atoms with Gasteiger partial charge >= 0.3 is 0 Å². The van der Waals surface area contributed by atoms with E-state index in [1.807, 2.05) is 12.1 Å². The third kappa shape index (κ3) is 2.43. The van der Waals surface area contributed by atoms with Crippen LogP contribution in [0.2, 0.25) is 5.02 Å². The number of carbonyl (C=O) groups is 1. The Bertz CT molecular complexity index is 651. The predicted molar refractivity (Wildman–Crippen MR) is 77.1 cm³/mol. The highest BCUT2D eigenvalue weighted by Crippen LogP contribution is 2.29. The van der Waals surface area contributed by atoms with Crippen molar-refractivity contribution >= 4 is 23.2 Å². The zero-order valence-corrected chi connectivity index (χ0v) is 11.9. The van der Waals surface area contributed by atoms with Gasteiger partial charge < -0.3 is 9.84 Å². The third-order valence-electron chi connectivity index (χ3n) is 3.62. The van der Waals surface area contributed by atoms with E-state index < -0.39 is 0 Å². The van der Waals surface area contributed by atoms with Gasteiger partial charge in [-0.3, -0.25) is 4.79 Å². The summed E-state index contributed by atoms with van der Waals surface area (Å²) in [4.78, 5) is 12.3. The Morgan fingerprint density at radius 3 is 3.05 bits per heavy atom. The van der Waals surface area contributed by atoms with Gasteiger partial charge in [0.1, 0.15) is 5.76 Å². The van der Waals surface area contributed by atoms with Crippen LogP contribution in [-0.4, -0.2) is 11.1 Å². The standard InChI is InChI=1S/C15H15ClN2O2/c1-9-6-7-13-10(8-9)14(18-20-13)15(19)17-12-5-3-2-4-11(12)16/h2-5,9H,6-8H2,1H3,(H,17,19)/t9-/m0/s1. The molecule has 0 unspecified atom stereocenters. The average molecular weight is 291 g/mol. The van der Waals surface area contributed by atoms with Crippen LogP contribution in [0.15, 0.2) is 28.8 Å². The normalized spacial score (nSPS) is 17.6. The monoisotopic (exact) mass is 290 g/mol. The summed E-state index contributed by atoms with van der Waals surface area (Å²) in [5, 5.41) is 7.22. The summed E-state index contributed by atoms with van der Waals surface area (Å²) in [6.07, 6.45) is 2.76. The average Bonchev–Trinajstić information content (AvgIpc) is 2.84. The zero-order valence-electron chi connectivity index (χ0n) is 11.1. The molecule has 2 aromatic rings. The van der Waals surface area contributed by atoms with Crippen LogP contribution >= 0.6 is 11.6 Å². The molecule has 1 aliphatic carbocycles. The first kappa shape index (κ1) is 13.2. The van der Waals surface area contributed by atoms with Crippen LogP contribution in [0.25, 0.3) is 0 Å². The number of aryl methyl sites for hydroxylation is 1. The molecule has 0 saturated carbocycles. The number of fused-ring (bicyclic) bond motifs is 1. The van der Waals surface area contributed by atoms with Crippen LogP contribution < -0.4 is 5.32 Å². The number of rotatable bonds is 2. The van der Waals surface area contributed by atoms with E-state index in [0.29, 0.717) is 22.3 Å². The Morgan fingerprint density at radius 2 is 2.25 bits per heavy atom. The molecule has 0 aliphatic heterocycles. The van der Waals surface area contributed by atoms with Gasteiger partial charge in [0.25, 0.3) is 5.91 Å². The lowest BCUT2D eigenvalue weighted by molar-refractivity contribution is 0.101. The Kier molecular flexibility index (Phi) is 3.49. The van der Waals surface area contributed by atoms with Crippen molar-refractivity contribution < 1.29 is 9.32 Å². The lowest BCUT2D eigenvalue weighted by Crippen LogP contribution is -2.18. The number of aromatic nitrogens is 1. The fourth-order valence-electron chi connectivity index (χ4n) is 2.50. The number of nitrogens with one attached hydrogen (secondary N) is 1. The van der Waals surface area contributed by atoms with E-state index in [0.717, 1.165) is 30.6 Å². The number of nitrogens with zero attached hydrogens (tertiary/aromatic N) is 1. The maximum absolute atomic E-state index is 12.3. The molecular weight excluding hydrogens is 276 g/mol. The van der Waals surface area contributed by atoms with E-state index in [1.165, 1.54) is 0 Å². The Morgan fingerprint density at radius 1 is 1.45 bits per heavy atom. The molecule has 0 saturated heterocycles. The van der Waals surface area contributed by atoms with Crippen molar-refractivity contribution in [2.75, 3.05) is 5.32 Å². The molecule has 1 aromatic heterocycles. The van der Waals surface area contributed by atoms with Crippen molar-refractivity contribution in [1.82, 2.24) is 5.16 Å². The van der Waals surface area contributed by atoms with E-state index >= 15 is 0 Å². The second-order valence-corrected chi connectivity index (χ2v) is 5.62. The Labute approximate surface area is 122 Å². The van der Waals surface area contributed by atoms with Gasteiger partial charge in [0.15, 0.2) is 5.69 Å². The van der Waals surface area contributed by atoms with E-state index in [9.17, 15) is 4.79 Å². The van der Waals surface area contributed by atoms with Gasteiger partial charge in [-0.25, -0.2) is 0 Å². The molecule has 1 aliphatic rings. The molecule has 104 valence electrons. The minimum absolute atomic E-state index is 0.266. The quantitative estimate of drug-likeness (QED) is 0.917. The fraction of sp³-hybridized carbons (Fsp3) is 0.333. The number of benzene rings is 1. The number of halogens is 1. The van der Waals surface area contributed by atoms with Crippen LogP contribution in [-0.2, 0) is 12.8 Å². The van der Waals surface area contributed by atoms with Crippen LogP contribution in [0.1, 0.15) is 35.2 Å². The number of para-hydroxylation sites is 1. The molecule has 0 spiro atoms. The second-order valence-electron chi connectivity index (χ2n) is 5.21. The zero-order chi connectivity index (χ0) is 14.1. The molecule has 1 aromatic carbocycles. The van der Waals surface area contributed by atoms with Gasteiger partial charge in [0, 0.05) is 12.0 Å². The summed E-state index contributed by atoms with van der Waals surface area (Å²) in [6, 6.07) is 7.13. The summed E-state index contributed by atoms with van der Waals surface area (Å²) in [7, 11) is 0. The lowest BCUT2D eigenvalue weighted by Gasteiger charge is -2.16. The maximum Gasteiger partial charge on any atom is 0.278 e. The van der Waals surface area contributed by atoms with Crippen molar-refractivity contribution in [2.24, 2.45) is 5.92 Å². The summed E-state index contributed by atoms with van der Waals surface area (Å²) >= 11 is 6.04. The molecule has 1 amide bonds. The molecule has 0 fully saturated rings. The summed E-state index contributed by atoms with van der Waals surface area (Å²) in [5.74, 6) is 1.12. The van der Waals surface area contributed by atoms with Crippen LogP contribution in [0.5, 0.6) is 0 Å². The van der Waals surface area contributed by atoms with Crippen LogP contribution in [0.3, 0.4) is 0 Å². The number of hydrogen-bond donors (Lipinski definition) is 1. The first-order valence-electron chi connectivity index (χ1n) is 6.68. The highest BCUT2D eigenvalue weighted by molar-refractivity contribution is 6.33. The van der Waals surface area contributed by atoms with Gasteiger partial charge in [-0.1, -0.05) is 35.8 Å². The van der Waals surface area contributed by atoms with E-state index in [2.05, 4.69) is 17.4 Å². The first-order valence-corrected chi connectivity index (χ1v) is 7.06. The molecular formula is C15H15ClN2O2. The third-order valence-corrected chi connectivity index (χ3v) is 3.95. The Balaban J connectivity index is 1.85. The topological polar surface area (TPSA) is 55.1 Å². The summed E-state index contributed by atoms with van der Waals surface area (Å²) in [6.45, 7) is 2.17. The second kappa shape index (κ2) is 5.29. The van der Waals surface area contributed by atoms with Crippen molar-refractivity contribution in [3.63, 3.8) is 0 Å². The van der Waals surface area contributed by atoms with Crippen molar-refractivity contribution in [1.29, 1.82) is 0 Å². The fourth-order valence-corrected chi connectivity index (χ4v) is 2.68. The van der Waals surface area contributed by atoms with Gasteiger partial charge in [-0.2, -0.15) is 0 Å². The van der Waals surface area contributed by atoms with Gasteiger partial charge in [0.2, 0.25) is 0 Å². The minimum atomic E-state index is -0.266. The molecule has 0 radical (unpaired) electrons. The predicted octanol–water partition coefficient (Wildman–Crippen LogP) is 3.71.